The van der Waals surface area contributed by atoms with Crippen LogP contribution in [0.4, 0.5) is 0 Å². The summed E-state index contributed by atoms with van der Waals surface area (Å²) in [6, 6.07) is 1.000. The summed E-state index contributed by atoms with van der Waals surface area (Å²) in [5.74, 6) is 1.33. The summed E-state index contributed by atoms with van der Waals surface area (Å²) in [5, 5.41) is 0.483. The minimum absolute atomic E-state index is 0.483. The highest BCUT2D eigenvalue weighted by Gasteiger charge is 2.14. The maximum atomic E-state index is 6.10. The first kappa shape index (κ1) is 17.2. The summed E-state index contributed by atoms with van der Waals surface area (Å²) < 4.78 is 5.81. The topological polar surface area (TPSA) is 38.2 Å². The molecule has 0 radical (unpaired) electrons. The molecule has 20 heavy (non-hydrogen) atoms. The smallest absolute Gasteiger partial charge is 0.221 e. The van der Waals surface area contributed by atoms with E-state index in [-0.39, 0.29) is 0 Å². The number of aromatic nitrogens is 2. The molecule has 0 aliphatic heterocycles. The summed E-state index contributed by atoms with van der Waals surface area (Å²) in [7, 11) is 0. The van der Waals surface area contributed by atoms with E-state index in [9.17, 15) is 0 Å². The van der Waals surface area contributed by atoms with Crippen LogP contribution in [0.5, 0.6) is 5.88 Å². The maximum absolute atomic E-state index is 6.10. The van der Waals surface area contributed by atoms with Gasteiger partial charge in [0.1, 0.15) is 17.6 Å². The molecule has 4 nitrogen and oxygen atoms in total. The molecule has 1 aromatic heterocycles. The first-order valence-electron chi connectivity index (χ1n) is 7.28. The van der Waals surface area contributed by atoms with Gasteiger partial charge in [-0.15, -0.1) is 0 Å². The second-order valence-corrected chi connectivity index (χ2v) is 5.85. The Kier molecular flexibility index (Phi) is 6.69. The van der Waals surface area contributed by atoms with Gasteiger partial charge in [-0.05, 0) is 34.6 Å². The molecule has 0 aliphatic rings. The van der Waals surface area contributed by atoms with Crippen LogP contribution in [0.3, 0.4) is 0 Å². The number of hydrogen-bond donors (Lipinski definition) is 0. The average Bonchev–Trinajstić information content (AvgIpc) is 2.37. The molecule has 5 heteroatoms. The number of aryl methyl sites for hydroxylation is 1. The Morgan fingerprint density at radius 3 is 2.25 bits per heavy atom. The second kappa shape index (κ2) is 7.79. The number of nitrogens with zero attached hydrogens (tertiary/aromatic N) is 3. The number of halogens is 1. The molecule has 0 fully saturated rings. The van der Waals surface area contributed by atoms with E-state index in [1.807, 2.05) is 13.8 Å². The van der Waals surface area contributed by atoms with Crippen LogP contribution in [-0.2, 0) is 6.42 Å². The summed E-state index contributed by atoms with van der Waals surface area (Å²) in [4.78, 5) is 11.0. The summed E-state index contributed by atoms with van der Waals surface area (Å²) in [5.41, 5.74) is 0.810. The van der Waals surface area contributed by atoms with Crippen LogP contribution in [0.1, 0.15) is 46.0 Å². The van der Waals surface area contributed by atoms with Gasteiger partial charge in [0.15, 0.2) is 0 Å². The third-order valence-electron chi connectivity index (χ3n) is 3.32. The molecule has 0 amide bonds. The summed E-state index contributed by atoms with van der Waals surface area (Å²) in [6.45, 7) is 14.2. The van der Waals surface area contributed by atoms with Gasteiger partial charge in [-0.1, -0.05) is 18.5 Å². The van der Waals surface area contributed by atoms with Crippen LogP contribution in [0.2, 0.25) is 5.15 Å². The highest BCUT2D eigenvalue weighted by atomic mass is 35.5. The van der Waals surface area contributed by atoms with Gasteiger partial charge in [0.05, 0.1) is 0 Å². The molecule has 0 aliphatic carbocycles. The Balaban J connectivity index is 2.68. The molecule has 0 aromatic carbocycles. The van der Waals surface area contributed by atoms with Crippen LogP contribution < -0.4 is 4.74 Å². The van der Waals surface area contributed by atoms with Gasteiger partial charge in [-0.3, -0.25) is 4.90 Å². The molecule has 0 bridgehead atoms. The zero-order valence-electron chi connectivity index (χ0n) is 13.4. The van der Waals surface area contributed by atoms with E-state index in [1.165, 1.54) is 0 Å². The molecule has 0 N–H and O–H groups in total. The summed E-state index contributed by atoms with van der Waals surface area (Å²) in [6.07, 6.45) is 0.750. The van der Waals surface area contributed by atoms with Gasteiger partial charge in [0, 0.05) is 30.6 Å². The van der Waals surface area contributed by atoms with Crippen molar-refractivity contribution < 1.29 is 4.74 Å². The lowest BCUT2D eigenvalue weighted by Crippen LogP contribution is -2.39. The fourth-order valence-electron chi connectivity index (χ4n) is 2.17. The number of rotatable bonds is 7. The fourth-order valence-corrected chi connectivity index (χ4v) is 2.35. The molecular weight excluding hydrogens is 274 g/mol. The van der Waals surface area contributed by atoms with Gasteiger partial charge in [0.25, 0.3) is 0 Å². The van der Waals surface area contributed by atoms with Crippen LogP contribution in [-0.4, -0.2) is 40.1 Å². The Morgan fingerprint density at radius 1 is 1.15 bits per heavy atom. The average molecular weight is 300 g/mol. The van der Waals surface area contributed by atoms with Gasteiger partial charge < -0.3 is 4.74 Å². The lowest BCUT2D eigenvalue weighted by molar-refractivity contribution is 0.139. The quantitative estimate of drug-likeness (QED) is 0.722. The lowest BCUT2D eigenvalue weighted by Gasteiger charge is -2.30. The van der Waals surface area contributed by atoms with Crippen molar-refractivity contribution in [2.45, 2.75) is 60.0 Å². The van der Waals surface area contributed by atoms with Crippen molar-refractivity contribution in [2.75, 3.05) is 13.2 Å². The van der Waals surface area contributed by atoms with E-state index in [1.54, 1.807) is 0 Å². The van der Waals surface area contributed by atoms with Crippen molar-refractivity contribution in [2.24, 2.45) is 0 Å². The van der Waals surface area contributed by atoms with Gasteiger partial charge in [0.2, 0.25) is 5.88 Å². The molecule has 0 atom stereocenters. The standard InChI is InChI=1S/C15H26ClN3O/c1-7-13-17-14(16)12(6)15(18-13)20-9-8-19(10(2)3)11(4)5/h10-11H,7-9H2,1-6H3. The van der Waals surface area contributed by atoms with E-state index in [4.69, 9.17) is 16.3 Å². The summed E-state index contributed by atoms with van der Waals surface area (Å²) >= 11 is 6.10. The Hall–Kier alpha value is -0.870. The highest BCUT2D eigenvalue weighted by molar-refractivity contribution is 6.30. The zero-order chi connectivity index (χ0) is 15.3. The Morgan fingerprint density at radius 2 is 1.75 bits per heavy atom. The minimum atomic E-state index is 0.483. The van der Waals surface area contributed by atoms with E-state index in [2.05, 4.69) is 42.6 Å². The zero-order valence-corrected chi connectivity index (χ0v) is 14.2. The Bertz CT molecular complexity index is 427. The van der Waals surface area contributed by atoms with Crippen LogP contribution in [0.25, 0.3) is 0 Å². The predicted molar refractivity (Wildman–Crippen MR) is 83.6 cm³/mol. The maximum Gasteiger partial charge on any atom is 0.221 e. The first-order valence-corrected chi connectivity index (χ1v) is 7.66. The molecule has 0 saturated heterocycles. The van der Waals surface area contributed by atoms with Crippen molar-refractivity contribution in [3.8, 4) is 5.88 Å². The van der Waals surface area contributed by atoms with E-state index >= 15 is 0 Å². The van der Waals surface area contributed by atoms with Crippen LogP contribution in [0.15, 0.2) is 0 Å². The fraction of sp³-hybridized carbons (Fsp3) is 0.733. The lowest BCUT2D eigenvalue weighted by atomic mass is 10.2. The molecular formula is C15H26ClN3O. The molecule has 0 saturated carbocycles. The molecule has 1 aromatic rings. The van der Waals surface area contributed by atoms with Gasteiger partial charge in [-0.25, -0.2) is 4.98 Å². The van der Waals surface area contributed by atoms with Crippen molar-refractivity contribution in [1.82, 2.24) is 14.9 Å². The van der Waals surface area contributed by atoms with Crippen molar-refractivity contribution in [3.63, 3.8) is 0 Å². The first-order chi connectivity index (χ1) is 9.36. The molecule has 0 unspecified atom stereocenters. The van der Waals surface area contributed by atoms with Crippen molar-refractivity contribution in [3.05, 3.63) is 16.5 Å². The van der Waals surface area contributed by atoms with E-state index in [0.717, 1.165) is 24.4 Å². The second-order valence-electron chi connectivity index (χ2n) is 5.49. The van der Waals surface area contributed by atoms with Crippen LogP contribution in [0, 0.1) is 6.92 Å². The number of hydrogen-bond acceptors (Lipinski definition) is 4. The highest BCUT2D eigenvalue weighted by Crippen LogP contribution is 2.22. The van der Waals surface area contributed by atoms with E-state index in [0.29, 0.717) is 29.7 Å². The number of ether oxygens (including phenoxy) is 1. The molecule has 1 heterocycles. The van der Waals surface area contributed by atoms with E-state index < -0.39 is 0 Å². The predicted octanol–water partition coefficient (Wildman–Crippen LogP) is 3.50. The Labute approximate surface area is 127 Å². The van der Waals surface area contributed by atoms with Gasteiger partial charge in [-0.2, -0.15) is 4.98 Å². The van der Waals surface area contributed by atoms with Crippen molar-refractivity contribution in [1.29, 1.82) is 0 Å². The SMILES string of the molecule is CCc1nc(Cl)c(C)c(OCCN(C(C)C)C(C)C)n1. The molecule has 114 valence electrons. The molecule has 0 spiro atoms. The largest absolute Gasteiger partial charge is 0.476 e. The minimum Gasteiger partial charge on any atom is -0.476 e. The van der Waals surface area contributed by atoms with Crippen LogP contribution >= 0.6 is 11.6 Å². The third-order valence-corrected chi connectivity index (χ3v) is 3.69. The molecule has 1 rings (SSSR count). The normalized spacial score (nSPS) is 11.7. The van der Waals surface area contributed by atoms with Gasteiger partial charge >= 0.3 is 0 Å². The monoisotopic (exact) mass is 299 g/mol. The van der Waals surface area contributed by atoms with Crippen molar-refractivity contribution >= 4 is 11.6 Å². The third kappa shape index (κ3) is 4.60.